The molecule has 2 unspecified atom stereocenters. The van der Waals surface area contributed by atoms with Crippen LogP contribution in [0.1, 0.15) is 129 Å². The number of carbonyl (C=O) groups excluding carboxylic acids is 5. The van der Waals surface area contributed by atoms with Crippen LogP contribution in [0, 0.1) is 0 Å². The zero-order valence-electron chi connectivity index (χ0n) is 39.4. The number of nitrogens with one attached hydrogen (secondary N) is 2. The van der Waals surface area contributed by atoms with Gasteiger partial charge < -0.3 is 39.8 Å². The first kappa shape index (κ1) is 51.3. The standard InChI is InChI=1S/C29H32N6O5.C10H8F2NO4PS.C10H19NO/c36-17-33-16-19(15-29(33)8-9-29)18-5-12-34(26(38)13-18)20-6-10-32(11-7-20)21-1-2-23-22(14-21)30-28(40)35(23)24-3-4-25(37)31-27(24)39;11-10(12,18(15,16)17)6-1-2-7-5(3-6)4-8(19-7)9(13)14;1-2-3-4-7-10(12)11-8-5-6-9-11/h1-2,5,12-14,17,19-20,24H,3-4,6-11,15-16H2,(H,30,40)(H,31,37,39);1-4H,(H2,13,14)(H2,15,16,17);2-9H2,1H3. The number of alkyl halides is 2. The number of carbonyl (C=O) groups is 5. The Kier molecular flexibility index (Phi) is 15.2. The number of nitrogens with zero attached hydrogens (tertiary/aromatic N) is 5. The van der Waals surface area contributed by atoms with E-state index in [1.165, 1.54) is 42.4 Å². The highest BCUT2D eigenvalue weighted by molar-refractivity contribution is 7.52. The van der Waals surface area contributed by atoms with E-state index in [-0.39, 0.29) is 51.3 Å². The summed E-state index contributed by atoms with van der Waals surface area (Å²) in [7, 11) is -5.60. The molecule has 7 heterocycles. The van der Waals surface area contributed by atoms with Gasteiger partial charge in [0.1, 0.15) is 6.04 Å². The van der Waals surface area contributed by atoms with Crippen molar-refractivity contribution in [2.45, 2.75) is 120 Å². The Labute approximate surface area is 411 Å². The van der Waals surface area contributed by atoms with Crippen LogP contribution in [0.5, 0.6) is 0 Å². The Morgan fingerprint density at radius 3 is 2.31 bits per heavy atom. The Balaban J connectivity index is 0.000000180. The molecule has 6 N–H and O–H groups in total. The van der Waals surface area contributed by atoms with E-state index in [1.807, 2.05) is 38.8 Å². The number of H-pyrrole nitrogens is 1. The third kappa shape index (κ3) is 11.1. The first-order valence-electron chi connectivity index (χ1n) is 24.1. The zero-order valence-corrected chi connectivity index (χ0v) is 41.1. The van der Waals surface area contributed by atoms with E-state index in [2.05, 4.69) is 28.2 Å². The minimum atomic E-state index is -5.60. The summed E-state index contributed by atoms with van der Waals surface area (Å²) in [6.45, 7) is 6.40. The average Bonchev–Trinajstić information content (AvgIpc) is 3.74. The molecule has 0 radical (unpaired) electrons. The number of hydrogen-bond acceptors (Lipinski definition) is 10. The lowest BCUT2D eigenvalue weighted by molar-refractivity contribution is -0.136. The van der Waals surface area contributed by atoms with E-state index in [4.69, 9.17) is 15.5 Å². The van der Waals surface area contributed by atoms with Gasteiger partial charge in [0.2, 0.25) is 24.1 Å². The molecule has 0 bridgehead atoms. The molecule has 2 atom stereocenters. The van der Waals surface area contributed by atoms with Crippen LogP contribution in [0.4, 0.5) is 14.5 Å². The number of pyridine rings is 1. The topological polar surface area (TPSA) is 250 Å². The molecule has 5 fully saturated rings. The number of nitrogens with two attached hydrogens (primary N) is 1. The number of rotatable bonds is 12. The van der Waals surface area contributed by atoms with Crippen LogP contribution >= 0.6 is 18.9 Å². The lowest BCUT2D eigenvalue weighted by Crippen LogP contribution is -2.43. The van der Waals surface area contributed by atoms with Crippen molar-refractivity contribution in [2.75, 3.05) is 37.6 Å². The van der Waals surface area contributed by atoms with Gasteiger partial charge >= 0.3 is 18.9 Å². The Bertz CT molecular complexity index is 3000. The number of thiophene rings is 1. The molecule has 3 aromatic heterocycles. The summed E-state index contributed by atoms with van der Waals surface area (Å²) in [4.78, 5) is 110. The van der Waals surface area contributed by atoms with Crippen molar-refractivity contribution >= 4 is 75.8 Å². The number of fused-ring (bicyclic) bond motifs is 2. The molecule has 5 amide bonds. The molecule has 22 heteroatoms. The van der Waals surface area contributed by atoms with Gasteiger partial charge in [-0.15, -0.1) is 11.3 Å². The molecule has 71 heavy (non-hydrogen) atoms. The van der Waals surface area contributed by atoms with Crippen molar-refractivity contribution in [2.24, 2.45) is 5.73 Å². The number of halogens is 2. The molecule has 1 saturated carbocycles. The second-order valence-electron chi connectivity index (χ2n) is 19.1. The molecule has 18 nitrogen and oxygen atoms in total. The van der Waals surface area contributed by atoms with Gasteiger partial charge in [0.05, 0.1) is 15.9 Å². The van der Waals surface area contributed by atoms with E-state index in [1.54, 1.807) is 6.07 Å². The quantitative estimate of drug-likeness (QED) is 0.0407. The summed E-state index contributed by atoms with van der Waals surface area (Å²) in [6.07, 6.45) is 14.7. The van der Waals surface area contributed by atoms with Gasteiger partial charge in [-0.05, 0) is 111 Å². The van der Waals surface area contributed by atoms with Crippen molar-refractivity contribution < 1.29 is 47.1 Å². The monoisotopic (exact) mass is 1020 g/mol. The Morgan fingerprint density at radius 1 is 0.958 bits per heavy atom. The number of anilines is 1. The summed E-state index contributed by atoms with van der Waals surface area (Å²) >= 11 is 1.02. The van der Waals surface area contributed by atoms with Gasteiger partial charge in [-0.1, -0.05) is 25.8 Å². The van der Waals surface area contributed by atoms with E-state index >= 15 is 0 Å². The highest BCUT2D eigenvalue weighted by atomic mass is 32.1. The SMILES string of the molecule is CCCCCC(=O)N1CCCC1.NC(=O)c1cc2cc(C(F)(F)P(=O)(O)O)ccc2s1.O=CN1CC(c2ccn(C3CCN(c4ccc5c(c4)[nH]c(=O)n5C4CCC(=O)NC4=O)CC3)c(=O)c2)CC12CC2. The van der Waals surface area contributed by atoms with Crippen LogP contribution in [-0.4, -0.2) is 102 Å². The van der Waals surface area contributed by atoms with Crippen LogP contribution in [0.25, 0.3) is 21.1 Å². The second-order valence-corrected chi connectivity index (χ2v) is 21.9. The van der Waals surface area contributed by atoms with Gasteiger partial charge in [0, 0.05) is 91.3 Å². The molecule has 380 valence electrons. The number of aromatic nitrogens is 3. The van der Waals surface area contributed by atoms with Crippen molar-refractivity contribution in [3.05, 3.63) is 97.6 Å². The molecule has 5 aliphatic rings. The van der Waals surface area contributed by atoms with Crippen LogP contribution in [0.2, 0.25) is 0 Å². The number of unbranched alkanes of at least 4 members (excludes halogenated alkanes) is 2. The number of likely N-dealkylation sites (tertiary alicyclic amines) is 2. The van der Waals surface area contributed by atoms with Gasteiger partial charge in [-0.2, -0.15) is 8.78 Å². The maximum Gasteiger partial charge on any atom is 0.399 e. The first-order valence-corrected chi connectivity index (χ1v) is 26.6. The number of piperidine rings is 2. The molecule has 1 spiro atoms. The summed E-state index contributed by atoms with van der Waals surface area (Å²) in [5, 5.41) is 2.60. The fourth-order valence-corrected chi connectivity index (χ4v) is 11.6. The van der Waals surface area contributed by atoms with Gasteiger partial charge in [0.15, 0.2) is 0 Å². The number of amides is 5. The molecule has 4 aliphatic heterocycles. The lowest BCUT2D eigenvalue weighted by Gasteiger charge is -2.34. The van der Waals surface area contributed by atoms with Crippen molar-refractivity contribution in [1.82, 2.24) is 29.2 Å². The highest BCUT2D eigenvalue weighted by Crippen LogP contribution is 2.59. The molecular weight excluding hydrogens is 962 g/mol. The molecular formula is C49H59F2N8O10PS. The maximum atomic E-state index is 13.5. The number of aromatic amines is 1. The molecule has 2 aromatic carbocycles. The highest BCUT2D eigenvalue weighted by Gasteiger charge is 2.54. The fraction of sp³-hybridized carbons (Fsp3) is 0.490. The molecule has 4 saturated heterocycles. The number of benzene rings is 2. The van der Waals surface area contributed by atoms with E-state index in [0.717, 1.165) is 112 Å². The maximum absolute atomic E-state index is 13.5. The van der Waals surface area contributed by atoms with E-state index in [0.29, 0.717) is 34.6 Å². The summed E-state index contributed by atoms with van der Waals surface area (Å²) in [5.41, 5.74) is 2.97. The fourth-order valence-electron chi connectivity index (χ4n) is 10.3. The Morgan fingerprint density at radius 2 is 1.69 bits per heavy atom. The molecule has 5 aromatic rings. The minimum absolute atomic E-state index is 0.0131. The number of primary amides is 1. The third-order valence-electron chi connectivity index (χ3n) is 14.4. The number of imide groups is 1. The van der Waals surface area contributed by atoms with E-state index in [9.17, 15) is 46.9 Å². The van der Waals surface area contributed by atoms with Crippen LogP contribution < -0.4 is 27.2 Å². The lowest BCUT2D eigenvalue weighted by atomic mass is 9.96. The minimum Gasteiger partial charge on any atom is -0.371 e. The average molecular weight is 1020 g/mol. The molecule has 10 rings (SSSR count). The Hall–Kier alpha value is -6.02. The predicted molar refractivity (Wildman–Crippen MR) is 263 cm³/mol. The second kappa shape index (κ2) is 21.0. The van der Waals surface area contributed by atoms with Crippen molar-refractivity contribution in [3.8, 4) is 0 Å². The summed E-state index contributed by atoms with van der Waals surface area (Å²) in [5.74, 6) is -0.857. The smallest absolute Gasteiger partial charge is 0.371 e. The van der Waals surface area contributed by atoms with E-state index < -0.39 is 36.7 Å². The first-order chi connectivity index (χ1) is 33.8. The predicted octanol–water partition coefficient (Wildman–Crippen LogP) is 6.21. The van der Waals surface area contributed by atoms with Crippen molar-refractivity contribution in [3.63, 3.8) is 0 Å². The van der Waals surface area contributed by atoms with Crippen LogP contribution in [0.15, 0.2) is 70.4 Å². The van der Waals surface area contributed by atoms with Gasteiger partial charge in [-0.25, -0.2) is 4.79 Å². The largest absolute Gasteiger partial charge is 0.399 e. The van der Waals surface area contributed by atoms with Crippen molar-refractivity contribution in [1.29, 1.82) is 0 Å². The normalized spacial score (nSPS) is 20.2. The van der Waals surface area contributed by atoms with Crippen LogP contribution in [0.3, 0.4) is 0 Å². The van der Waals surface area contributed by atoms with Gasteiger partial charge in [-0.3, -0.25) is 43.2 Å². The molecule has 1 aliphatic carbocycles. The zero-order chi connectivity index (χ0) is 50.8. The summed E-state index contributed by atoms with van der Waals surface area (Å²) in [6, 6.07) is 13.4. The number of imidazole rings is 1. The number of hydrogen-bond donors (Lipinski definition) is 5. The van der Waals surface area contributed by atoms with Crippen LogP contribution in [-0.2, 0) is 29.4 Å². The summed E-state index contributed by atoms with van der Waals surface area (Å²) < 4.78 is 41.6. The van der Waals surface area contributed by atoms with Gasteiger partial charge in [0.25, 0.3) is 11.5 Å². The third-order valence-corrected chi connectivity index (χ3v) is 16.5.